The number of likely N-dealkylation sites (tertiary alicyclic amines) is 1. The van der Waals surface area contributed by atoms with Gasteiger partial charge in [0, 0.05) is 55.8 Å². The molecule has 1 saturated heterocycles. The van der Waals surface area contributed by atoms with Gasteiger partial charge in [0.15, 0.2) is 0 Å². The van der Waals surface area contributed by atoms with Crippen LogP contribution in [0.5, 0.6) is 0 Å². The number of carbonyl (C=O) groups is 1. The Kier molecular flexibility index (Phi) is 4.52. The van der Waals surface area contributed by atoms with Gasteiger partial charge in [0.1, 0.15) is 0 Å². The lowest BCUT2D eigenvalue weighted by Gasteiger charge is -2.32. The number of amides is 1. The molecule has 4 nitrogen and oxygen atoms in total. The average Bonchev–Trinajstić information content (AvgIpc) is 3.30. The lowest BCUT2D eigenvalue weighted by molar-refractivity contribution is -0.132. The fourth-order valence-electron chi connectivity index (χ4n) is 3.87. The highest BCUT2D eigenvalue weighted by molar-refractivity contribution is 7.09. The van der Waals surface area contributed by atoms with E-state index in [2.05, 4.69) is 39.0 Å². The molecule has 0 spiro atoms. The van der Waals surface area contributed by atoms with E-state index in [0.29, 0.717) is 18.2 Å². The van der Waals surface area contributed by atoms with Crippen LogP contribution in [0.15, 0.2) is 35.8 Å². The molecule has 126 valence electrons. The summed E-state index contributed by atoms with van der Waals surface area (Å²) >= 11 is 1.71. The van der Waals surface area contributed by atoms with Crippen LogP contribution < -0.4 is 4.90 Å². The first kappa shape index (κ1) is 15.6. The zero-order valence-electron chi connectivity index (χ0n) is 13.9. The van der Waals surface area contributed by atoms with Crippen LogP contribution in [0.4, 0.5) is 5.69 Å². The summed E-state index contributed by atoms with van der Waals surface area (Å²) in [4.78, 5) is 21.5. The van der Waals surface area contributed by atoms with E-state index in [-0.39, 0.29) is 0 Å². The molecule has 1 atom stereocenters. The van der Waals surface area contributed by atoms with Crippen molar-refractivity contribution in [2.45, 2.75) is 31.6 Å². The van der Waals surface area contributed by atoms with Crippen LogP contribution in [-0.2, 0) is 11.2 Å². The highest BCUT2D eigenvalue weighted by atomic mass is 32.1. The molecule has 0 saturated carbocycles. The summed E-state index contributed by atoms with van der Waals surface area (Å²) in [6.45, 7) is 3.60. The van der Waals surface area contributed by atoms with Gasteiger partial charge in [-0.2, -0.15) is 0 Å². The number of piperidine rings is 1. The van der Waals surface area contributed by atoms with Crippen molar-refractivity contribution >= 4 is 22.9 Å². The van der Waals surface area contributed by atoms with Crippen LogP contribution in [0.2, 0.25) is 0 Å². The number of para-hydroxylation sites is 1. The van der Waals surface area contributed by atoms with Crippen molar-refractivity contribution in [3.05, 3.63) is 46.4 Å². The smallest absolute Gasteiger partial charge is 0.224 e. The predicted octanol–water partition coefficient (Wildman–Crippen LogP) is 3.30. The molecule has 0 radical (unpaired) electrons. The number of hydrogen-bond donors (Lipinski definition) is 0. The topological polar surface area (TPSA) is 36.4 Å². The molecule has 1 aromatic carbocycles. The SMILES string of the molecule is O=C(CCN1CCc2ccccc21)N1CCC[C@H](c2nccs2)C1. The number of carbonyl (C=O) groups excluding carboxylic acids is 1. The lowest BCUT2D eigenvalue weighted by Crippen LogP contribution is -2.40. The first-order valence-electron chi connectivity index (χ1n) is 8.81. The molecule has 1 fully saturated rings. The number of thiazole rings is 1. The van der Waals surface area contributed by atoms with Crippen LogP contribution in [0.1, 0.15) is 35.8 Å². The third-order valence-corrected chi connectivity index (χ3v) is 6.09. The monoisotopic (exact) mass is 341 g/mol. The van der Waals surface area contributed by atoms with E-state index in [1.807, 2.05) is 11.6 Å². The Morgan fingerprint density at radius 3 is 3.08 bits per heavy atom. The van der Waals surface area contributed by atoms with Gasteiger partial charge in [0.25, 0.3) is 0 Å². The summed E-state index contributed by atoms with van der Waals surface area (Å²) in [7, 11) is 0. The Hall–Kier alpha value is -1.88. The quantitative estimate of drug-likeness (QED) is 0.856. The maximum atomic E-state index is 12.7. The summed E-state index contributed by atoms with van der Waals surface area (Å²) in [5.41, 5.74) is 2.72. The molecule has 1 amide bonds. The standard InChI is InChI=1S/C19H23N3OS/c23-18(8-12-21-11-7-15-4-1-2-6-17(15)21)22-10-3-5-16(14-22)19-20-9-13-24-19/h1-2,4,6,9,13,16H,3,5,7-8,10-12,14H2/t16-/m0/s1. The van der Waals surface area contributed by atoms with Gasteiger partial charge in [-0.3, -0.25) is 4.79 Å². The zero-order valence-corrected chi connectivity index (χ0v) is 14.7. The van der Waals surface area contributed by atoms with Crippen molar-refractivity contribution in [2.24, 2.45) is 0 Å². The van der Waals surface area contributed by atoms with E-state index in [1.54, 1.807) is 11.3 Å². The van der Waals surface area contributed by atoms with E-state index >= 15 is 0 Å². The van der Waals surface area contributed by atoms with Crippen LogP contribution in [0.25, 0.3) is 0 Å². The molecule has 5 heteroatoms. The summed E-state index contributed by atoms with van der Waals surface area (Å²) < 4.78 is 0. The minimum Gasteiger partial charge on any atom is -0.370 e. The van der Waals surface area contributed by atoms with Crippen molar-refractivity contribution in [2.75, 3.05) is 31.1 Å². The number of rotatable bonds is 4. The van der Waals surface area contributed by atoms with Crippen LogP contribution >= 0.6 is 11.3 Å². The van der Waals surface area contributed by atoms with Crippen molar-refractivity contribution in [1.82, 2.24) is 9.88 Å². The second-order valence-corrected chi connectivity index (χ2v) is 7.59. The van der Waals surface area contributed by atoms with Crippen LogP contribution in [0, 0.1) is 0 Å². The van der Waals surface area contributed by atoms with Gasteiger partial charge in [-0.1, -0.05) is 18.2 Å². The second-order valence-electron chi connectivity index (χ2n) is 6.67. The fourth-order valence-corrected chi connectivity index (χ4v) is 4.64. The molecular formula is C19H23N3OS. The van der Waals surface area contributed by atoms with Crippen molar-refractivity contribution in [1.29, 1.82) is 0 Å². The van der Waals surface area contributed by atoms with Crippen LogP contribution in [0.3, 0.4) is 0 Å². The molecule has 1 aromatic heterocycles. The second kappa shape index (κ2) is 6.93. The molecule has 3 heterocycles. The maximum absolute atomic E-state index is 12.7. The van der Waals surface area contributed by atoms with Gasteiger partial charge in [0.2, 0.25) is 5.91 Å². The Balaban J connectivity index is 1.33. The number of hydrogen-bond acceptors (Lipinski definition) is 4. The Morgan fingerprint density at radius 1 is 1.29 bits per heavy atom. The van der Waals surface area contributed by atoms with Gasteiger partial charge < -0.3 is 9.80 Å². The van der Waals surface area contributed by atoms with Crippen molar-refractivity contribution < 1.29 is 4.79 Å². The summed E-state index contributed by atoms with van der Waals surface area (Å²) in [6, 6.07) is 8.55. The van der Waals surface area contributed by atoms with Crippen molar-refractivity contribution in [3.63, 3.8) is 0 Å². The molecule has 0 N–H and O–H groups in total. The van der Waals surface area contributed by atoms with Gasteiger partial charge in [-0.05, 0) is 30.9 Å². The zero-order chi connectivity index (χ0) is 16.4. The van der Waals surface area contributed by atoms with Gasteiger partial charge in [-0.25, -0.2) is 4.98 Å². The minimum absolute atomic E-state index is 0.292. The average molecular weight is 341 g/mol. The number of aromatic nitrogens is 1. The number of anilines is 1. The van der Waals surface area contributed by atoms with E-state index < -0.39 is 0 Å². The largest absolute Gasteiger partial charge is 0.370 e. The molecule has 2 aliphatic rings. The first-order chi connectivity index (χ1) is 11.8. The van der Waals surface area contributed by atoms with Crippen LogP contribution in [-0.4, -0.2) is 42.0 Å². The molecule has 2 aliphatic heterocycles. The number of fused-ring (bicyclic) bond motifs is 1. The maximum Gasteiger partial charge on any atom is 0.224 e. The predicted molar refractivity (Wildman–Crippen MR) is 97.6 cm³/mol. The summed E-state index contributed by atoms with van der Waals surface area (Å²) in [5.74, 6) is 0.718. The van der Waals surface area contributed by atoms with E-state index in [0.717, 1.165) is 45.4 Å². The van der Waals surface area contributed by atoms with E-state index in [4.69, 9.17) is 0 Å². The number of benzene rings is 1. The summed E-state index contributed by atoms with van der Waals surface area (Å²) in [5, 5.41) is 3.21. The highest BCUT2D eigenvalue weighted by Gasteiger charge is 2.27. The normalized spacial score (nSPS) is 20.2. The Morgan fingerprint density at radius 2 is 2.21 bits per heavy atom. The lowest BCUT2D eigenvalue weighted by atomic mass is 9.98. The Bertz CT molecular complexity index is 700. The highest BCUT2D eigenvalue weighted by Crippen LogP contribution is 2.29. The third-order valence-electron chi connectivity index (χ3n) is 5.15. The minimum atomic E-state index is 0.292. The fraction of sp³-hybridized carbons (Fsp3) is 0.474. The third kappa shape index (κ3) is 3.18. The Labute approximate surface area is 147 Å². The first-order valence-corrected chi connectivity index (χ1v) is 9.69. The summed E-state index contributed by atoms with van der Waals surface area (Å²) in [6.07, 6.45) is 5.81. The van der Waals surface area contributed by atoms with E-state index in [1.165, 1.54) is 16.3 Å². The van der Waals surface area contributed by atoms with Gasteiger partial charge in [0.05, 0.1) is 5.01 Å². The van der Waals surface area contributed by atoms with Gasteiger partial charge in [-0.15, -0.1) is 11.3 Å². The molecule has 0 aliphatic carbocycles. The molecule has 0 bridgehead atoms. The number of nitrogens with zero attached hydrogens (tertiary/aromatic N) is 3. The van der Waals surface area contributed by atoms with E-state index in [9.17, 15) is 4.79 Å². The molecule has 24 heavy (non-hydrogen) atoms. The molecular weight excluding hydrogens is 318 g/mol. The van der Waals surface area contributed by atoms with Crippen molar-refractivity contribution in [3.8, 4) is 0 Å². The molecule has 4 rings (SSSR count). The molecule has 2 aromatic rings. The van der Waals surface area contributed by atoms with Gasteiger partial charge >= 0.3 is 0 Å². The molecule has 0 unspecified atom stereocenters.